The lowest BCUT2D eigenvalue weighted by molar-refractivity contribution is -0.116. The average molecular weight is 434 g/mol. The Morgan fingerprint density at radius 1 is 1.10 bits per heavy atom. The normalized spacial score (nSPS) is 10.7. The fourth-order valence-electron chi connectivity index (χ4n) is 3.16. The van der Waals surface area contributed by atoms with Crippen LogP contribution in [0.25, 0.3) is 10.2 Å². The van der Waals surface area contributed by atoms with Gasteiger partial charge in [0.05, 0.1) is 22.3 Å². The lowest BCUT2D eigenvalue weighted by Gasteiger charge is -2.13. The van der Waals surface area contributed by atoms with Crippen LogP contribution in [0.3, 0.4) is 0 Å². The molecule has 0 atom stereocenters. The zero-order valence-corrected chi connectivity index (χ0v) is 18.0. The lowest BCUT2D eigenvalue weighted by atomic mass is 10.2. The van der Waals surface area contributed by atoms with Gasteiger partial charge in [-0.2, -0.15) is 0 Å². The van der Waals surface area contributed by atoms with Crippen molar-refractivity contribution in [2.24, 2.45) is 0 Å². The minimum Gasteiger partial charge on any atom is -0.493 e. The van der Waals surface area contributed by atoms with Crippen molar-refractivity contribution in [3.63, 3.8) is 0 Å². The van der Waals surface area contributed by atoms with Gasteiger partial charge in [0.2, 0.25) is 5.91 Å². The van der Waals surface area contributed by atoms with Crippen molar-refractivity contribution in [2.45, 2.75) is 25.9 Å². The van der Waals surface area contributed by atoms with Gasteiger partial charge in [-0.05, 0) is 43.2 Å². The van der Waals surface area contributed by atoms with Crippen LogP contribution in [0.2, 0.25) is 0 Å². The van der Waals surface area contributed by atoms with Crippen LogP contribution >= 0.6 is 11.3 Å². The van der Waals surface area contributed by atoms with Crippen molar-refractivity contribution in [2.75, 3.05) is 12.4 Å². The third-order valence-corrected chi connectivity index (χ3v) is 5.79. The molecule has 6 nitrogen and oxygen atoms in total. The van der Waals surface area contributed by atoms with E-state index < -0.39 is 0 Å². The highest BCUT2D eigenvalue weighted by Gasteiger charge is 2.10. The number of nitrogens with zero attached hydrogens (tertiary/aromatic N) is 2. The summed E-state index contributed by atoms with van der Waals surface area (Å²) in [6.07, 6.45) is 5.43. The van der Waals surface area contributed by atoms with Crippen molar-refractivity contribution in [3.8, 4) is 11.5 Å². The molecule has 158 valence electrons. The number of aromatic nitrogens is 2. The van der Waals surface area contributed by atoms with Gasteiger partial charge in [-0.1, -0.05) is 18.2 Å². The molecule has 31 heavy (non-hydrogen) atoms. The monoisotopic (exact) mass is 433 g/mol. The number of ether oxygens (including phenoxy) is 2. The van der Waals surface area contributed by atoms with E-state index in [1.165, 1.54) is 4.70 Å². The maximum absolute atomic E-state index is 12.4. The largest absolute Gasteiger partial charge is 0.493 e. The quantitative estimate of drug-likeness (QED) is 0.391. The maximum Gasteiger partial charge on any atom is 0.224 e. The third-order valence-electron chi connectivity index (χ3n) is 4.70. The van der Waals surface area contributed by atoms with Gasteiger partial charge in [0.15, 0.2) is 11.5 Å². The number of carbonyl (C=O) groups excluding carboxylic acids is 1. The third kappa shape index (κ3) is 5.58. The topological polar surface area (TPSA) is 73.3 Å². The van der Waals surface area contributed by atoms with Crippen molar-refractivity contribution < 1.29 is 14.3 Å². The molecule has 7 heteroatoms. The molecule has 0 saturated carbocycles. The van der Waals surface area contributed by atoms with E-state index in [1.807, 2.05) is 30.3 Å². The van der Waals surface area contributed by atoms with Gasteiger partial charge in [-0.3, -0.25) is 9.78 Å². The average Bonchev–Trinajstić information content (AvgIpc) is 3.21. The molecule has 0 radical (unpaired) electrons. The molecule has 2 aromatic heterocycles. The summed E-state index contributed by atoms with van der Waals surface area (Å²) < 4.78 is 12.4. The Hall–Kier alpha value is -3.45. The Morgan fingerprint density at radius 3 is 2.81 bits per heavy atom. The van der Waals surface area contributed by atoms with Crippen LogP contribution < -0.4 is 14.8 Å². The minimum absolute atomic E-state index is 0.0375. The zero-order valence-electron chi connectivity index (χ0n) is 17.2. The van der Waals surface area contributed by atoms with Gasteiger partial charge in [0.1, 0.15) is 6.61 Å². The van der Waals surface area contributed by atoms with Gasteiger partial charge in [-0.15, -0.1) is 11.3 Å². The summed E-state index contributed by atoms with van der Waals surface area (Å²) in [6.45, 7) is 0.365. The molecule has 0 saturated heterocycles. The highest BCUT2D eigenvalue weighted by atomic mass is 32.1. The highest BCUT2D eigenvalue weighted by Crippen LogP contribution is 2.31. The Labute approximate surface area is 184 Å². The molecule has 4 aromatic rings. The second-order valence-corrected chi connectivity index (χ2v) is 8.11. The molecule has 0 fully saturated rings. The molecule has 2 heterocycles. The summed E-state index contributed by atoms with van der Waals surface area (Å²) in [5.74, 6) is 1.14. The van der Waals surface area contributed by atoms with E-state index in [0.29, 0.717) is 30.2 Å². The van der Waals surface area contributed by atoms with E-state index in [-0.39, 0.29) is 5.91 Å². The Bertz CT molecular complexity index is 1130. The lowest BCUT2D eigenvalue weighted by Crippen LogP contribution is -2.11. The van der Waals surface area contributed by atoms with Crippen LogP contribution in [0.15, 0.2) is 67.0 Å². The molecule has 0 spiro atoms. The molecule has 4 rings (SSSR count). The molecular formula is C24H23N3O3S. The number of carbonyl (C=O) groups is 1. The molecule has 1 N–H and O–H groups in total. The number of hydrogen-bond acceptors (Lipinski definition) is 6. The molecular weight excluding hydrogens is 410 g/mol. The number of anilines is 1. The number of para-hydroxylation sites is 1. The first-order valence-electron chi connectivity index (χ1n) is 10.1. The molecule has 0 bridgehead atoms. The first-order chi connectivity index (χ1) is 15.2. The Morgan fingerprint density at radius 2 is 2.00 bits per heavy atom. The number of fused-ring (bicyclic) bond motifs is 1. The predicted octanol–water partition coefficient (Wildman–Crippen LogP) is 5.24. The first kappa shape index (κ1) is 20.8. The number of rotatable bonds is 9. The number of hydrogen-bond donors (Lipinski definition) is 1. The second kappa shape index (κ2) is 10.0. The van der Waals surface area contributed by atoms with Crippen molar-refractivity contribution >= 4 is 33.1 Å². The number of benzene rings is 2. The minimum atomic E-state index is -0.0375. The first-order valence-corrected chi connectivity index (χ1v) is 10.9. The predicted molar refractivity (Wildman–Crippen MR) is 123 cm³/mol. The fourth-order valence-corrected chi connectivity index (χ4v) is 4.17. The van der Waals surface area contributed by atoms with E-state index in [9.17, 15) is 4.79 Å². The summed E-state index contributed by atoms with van der Waals surface area (Å²) >= 11 is 1.68. The number of pyridine rings is 1. The fraction of sp³-hybridized carbons (Fsp3) is 0.208. The molecule has 0 aliphatic carbocycles. The second-order valence-electron chi connectivity index (χ2n) is 6.99. The number of aryl methyl sites for hydroxylation is 1. The van der Waals surface area contributed by atoms with E-state index in [4.69, 9.17) is 9.47 Å². The van der Waals surface area contributed by atoms with E-state index in [1.54, 1.807) is 49.0 Å². The maximum atomic E-state index is 12.4. The SMILES string of the molecule is COc1ccc(NC(=O)CCCc2nc3ccccc3s2)cc1OCc1cccnc1. The standard InChI is InChI=1S/C24H23N3O3S/c1-29-20-12-11-18(14-21(20)30-16-17-6-5-13-25-15-17)26-23(28)9-4-10-24-27-19-7-2-3-8-22(19)31-24/h2-3,5-8,11-15H,4,9-10,16H2,1H3,(H,26,28). The summed E-state index contributed by atoms with van der Waals surface area (Å²) in [5.41, 5.74) is 2.64. The van der Waals surface area contributed by atoms with Gasteiger partial charge in [0.25, 0.3) is 0 Å². The van der Waals surface area contributed by atoms with Crippen LogP contribution in [0.5, 0.6) is 11.5 Å². The molecule has 0 aliphatic heterocycles. The van der Waals surface area contributed by atoms with Crippen molar-refractivity contribution in [3.05, 3.63) is 77.6 Å². The Kier molecular flexibility index (Phi) is 6.74. The number of methoxy groups -OCH3 is 1. The molecule has 1 amide bonds. The summed E-state index contributed by atoms with van der Waals surface area (Å²) in [5, 5.41) is 4.00. The summed E-state index contributed by atoms with van der Waals surface area (Å²) in [4.78, 5) is 21.1. The van der Waals surface area contributed by atoms with E-state index in [2.05, 4.69) is 21.4 Å². The molecule has 0 unspecified atom stereocenters. The highest BCUT2D eigenvalue weighted by molar-refractivity contribution is 7.18. The van der Waals surface area contributed by atoms with Gasteiger partial charge in [-0.25, -0.2) is 4.98 Å². The number of nitrogens with one attached hydrogen (secondary N) is 1. The van der Waals surface area contributed by atoms with E-state index >= 15 is 0 Å². The molecule has 2 aromatic carbocycles. The number of thiazole rings is 1. The van der Waals surface area contributed by atoms with Crippen LogP contribution in [-0.2, 0) is 17.8 Å². The summed E-state index contributed by atoms with van der Waals surface area (Å²) in [7, 11) is 1.59. The van der Waals surface area contributed by atoms with Gasteiger partial charge < -0.3 is 14.8 Å². The van der Waals surface area contributed by atoms with Gasteiger partial charge in [0, 0.05) is 36.1 Å². The van der Waals surface area contributed by atoms with Gasteiger partial charge >= 0.3 is 0 Å². The zero-order chi connectivity index (χ0) is 21.5. The van der Waals surface area contributed by atoms with Crippen LogP contribution in [0.4, 0.5) is 5.69 Å². The number of amides is 1. The van der Waals surface area contributed by atoms with Crippen LogP contribution in [0, 0.1) is 0 Å². The summed E-state index contributed by atoms with van der Waals surface area (Å²) in [6, 6.07) is 17.3. The van der Waals surface area contributed by atoms with Crippen molar-refractivity contribution in [1.29, 1.82) is 0 Å². The smallest absolute Gasteiger partial charge is 0.224 e. The van der Waals surface area contributed by atoms with E-state index in [0.717, 1.165) is 28.9 Å². The van der Waals surface area contributed by atoms with Crippen LogP contribution in [-0.4, -0.2) is 23.0 Å². The Balaban J connectivity index is 1.31. The van der Waals surface area contributed by atoms with Crippen molar-refractivity contribution in [1.82, 2.24) is 9.97 Å². The van der Waals surface area contributed by atoms with Crippen LogP contribution in [0.1, 0.15) is 23.4 Å². The molecule has 0 aliphatic rings.